The van der Waals surface area contributed by atoms with Gasteiger partial charge in [0.1, 0.15) is 0 Å². The maximum absolute atomic E-state index is 11.2. The van der Waals surface area contributed by atoms with Gasteiger partial charge in [0.25, 0.3) is 0 Å². The van der Waals surface area contributed by atoms with Gasteiger partial charge in [-0.2, -0.15) is 0 Å². The summed E-state index contributed by atoms with van der Waals surface area (Å²) in [7, 11) is 2.10. The number of rotatable bonds is 3. The number of imide groups is 1. The van der Waals surface area contributed by atoms with E-state index in [-0.39, 0.29) is 17.9 Å². The minimum absolute atomic E-state index is 0.166. The normalized spacial score (nSPS) is 32.3. The minimum Gasteiger partial charge on any atom is -0.306 e. The average Bonchev–Trinajstić information content (AvgIpc) is 2.70. The lowest BCUT2D eigenvalue weighted by molar-refractivity contribution is -0.125. The van der Waals surface area contributed by atoms with Gasteiger partial charge in [0.2, 0.25) is 11.8 Å². The van der Waals surface area contributed by atoms with Crippen LogP contribution in [-0.4, -0.2) is 49.4 Å². The van der Waals surface area contributed by atoms with Gasteiger partial charge in [-0.25, -0.2) is 0 Å². The SMILES string of the molecule is CN1CCC(CNC2CC(=O)NC2=O)C1. The molecule has 0 spiro atoms. The molecular weight excluding hydrogens is 194 g/mol. The molecule has 0 saturated carbocycles. The Balaban J connectivity index is 1.74. The van der Waals surface area contributed by atoms with Gasteiger partial charge in [-0.15, -0.1) is 0 Å². The smallest absolute Gasteiger partial charge is 0.244 e. The summed E-state index contributed by atoms with van der Waals surface area (Å²) >= 11 is 0. The molecule has 5 heteroatoms. The zero-order valence-electron chi connectivity index (χ0n) is 8.95. The molecule has 5 nitrogen and oxygen atoms in total. The summed E-state index contributed by atoms with van der Waals surface area (Å²) in [6.45, 7) is 3.03. The Morgan fingerprint density at radius 3 is 2.87 bits per heavy atom. The largest absolute Gasteiger partial charge is 0.306 e. The van der Waals surface area contributed by atoms with Crippen molar-refractivity contribution in [1.82, 2.24) is 15.5 Å². The molecule has 2 amide bonds. The summed E-state index contributed by atoms with van der Waals surface area (Å²) in [6.07, 6.45) is 1.47. The molecule has 2 aliphatic heterocycles. The third kappa shape index (κ3) is 2.54. The number of hydrogen-bond acceptors (Lipinski definition) is 4. The fourth-order valence-electron chi connectivity index (χ4n) is 2.22. The van der Waals surface area contributed by atoms with Crippen LogP contribution in [0.5, 0.6) is 0 Å². The van der Waals surface area contributed by atoms with E-state index < -0.39 is 0 Å². The average molecular weight is 211 g/mol. The molecule has 2 N–H and O–H groups in total. The first-order valence-electron chi connectivity index (χ1n) is 5.41. The standard InChI is InChI=1S/C10H17N3O2/c1-13-3-2-7(6-13)5-11-8-4-9(14)12-10(8)15/h7-8,11H,2-6H2,1H3,(H,12,14,15). The van der Waals surface area contributed by atoms with Gasteiger partial charge in [-0.05, 0) is 32.5 Å². The zero-order chi connectivity index (χ0) is 10.8. The second kappa shape index (κ2) is 4.28. The summed E-state index contributed by atoms with van der Waals surface area (Å²) in [4.78, 5) is 24.5. The van der Waals surface area contributed by atoms with Gasteiger partial charge in [-0.3, -0.25) is 14.9 Å². The van der Waals surface area contributed by atoms with Crippen LogP contribution in [0.3, 0.4) is 0 Å². The van der Waals surface area contributed by atoms with Crippen LogP contribution in [0.25, 0.3) is 0 Å². The molecule has 0 bridgehead atoms. The molecule has 0 aromatic rings. The second-order valence-corrected chi connectivity index (χ2v) is 4.49. The van der Waals surface area contributed by atoms with Crippen molar-refractivity contribution in [1.29, 1.82) is 0 Å². The van der Waals surface area contributed by atoms with Crippen LogP contribution in [0.4, 0.5) is 0 Å². The highest BCUT2D eigenvalue weighted by molar-refractivity contribution is 6.05. The van der Waals surface area contributed by atoms with Crippen LogP contribution in [-0.2, 0) is 9.59 Å². The number of carbonyl (C=O) groups is 2. The van der Waals surface area contributed by atoms with Crippen LogP contribution in [0, 0.1) is 5.92 Å². The lowest BCUT2D eigenvalue weighted by atomic mass is 10.1. The number of nitrogens with zero attached hydrogens (tertiary/aromatic N) is 1. The van der Waals surface area contributed by atoms with E-state index in [0.29, 0.717) is 12.3 Å². The molecule has 84 valence electrons. The summed E-state index contributed by atoms with van der Waals surface area (Å²) in [5.74, 6) is 0.269. The quantitative estimate of drug-likeness (QED) is 0.584. The summed E-state index contributed by atoms with van der Waals surface area (Å²) in [5.41, 5.74) is 0. The third-order valence-corrected chi connectivity index (χ3v) is 3.11. The molecule has 0 aromatic heterocycles. The van der Waals surface area contributed by atoms with Crippen LogP contribution < -0.4 is 10.6 Å². The first-order chi connectivity index (χ1) is 7.15. The van der Waals surface area contributed by atoms with E-state index in [1.807, 2.05) is 0 Å². The monoisotopic (exact) mass is 211 g/mol. The van der Waals surface area contributed by atoms with Crippen molar-refractivity contribution in [2.75, 3.05) is 26.7 Å². The van der Waals surface area contributed by atoms with Crippen LogP contribution in [0.2, 0.25) is 0 Å². The maximum atomic E-state index is 11.2. The molecule has 2 heterocycles. The molecule has 0 aromatic carbocycles. The topological polar surface area (TPSA) is 61.4 Å². The van der Waals surface area contributed by atoms with Gasteiger partial charge in [0, 0.05) is 6.54 Å². The molecule has 0 aliphatic carbocycles. The molecular formula is C10H17N3O2. The fourth-order valence-corrected chi connectivity index (χ4v) is 2.22. The summed E-state index contributed by atoms with van der Waals surface area (Å²) < 4.78 is 0. The summed E-state index contributed by atoms with van der Waals surface area (Å²) in [5, 5.41) is 5.46. The Labute approximate surface area is 89.2 Å². The van der Waals surface area contributed by atoms with Gasteiger partial charge in [0.05, 0.1) is 12.5 Å². The maximum Gasteiger partial charge on any atom is 0.244 e. The van der Waals surface area contributed by atoms with E-state index in [2.05, 4.69) is 22.6 Å². The molecule has 2 fully saturated rings. The predicted octanol–water partition coefficient (Wildman–Crippen LogP) is -1.06. The Hall–Kier alpha value is -0.940. The molecule has 2 atom stereocenters. The minimum atomic E-state index is -0.302. The second-order valence-electron chi connectivity index (χ2n) is 4.49. The van der Waals surface area contributed by atoms with Gasteiger partial charge < -0.3 is 10.2 Å². The van der Waals surface area contributed by atoms with Gasteiger partial charge in [-0.1, -0.05) is 0 Å². The fraction of sp³-hybridized carbons (Fsp3) is 0.800. The van der Waals surface area contributed by atoms with Crippen LogP contribution >= 0.6 is 0 Å². The lowest BCUT2D eigenvalue weighted by Crippen LogP contribution is -2.39. The highest BCUT2D eigenvalue weighted by atomic mass is 16.2. The molecule has 2 unspecified atom stereocenters. The molecule has 2 aliphatic rings. The Morgan fingerprint density at radius 2 is 2.33 bits per heavy atom. The molecule has 2 saturated heterocycles. The van der Waals surface area contributed by atoms with E-state index in [1.54, 1.807) is 0 Å². The van der Waals surface area contributed by atoms with Crippen molar-refractivity contribution >= 4 is 11.8 Å². The van der Waals surface area contributed by atoms with Crippen molar-refractivity contribution in [2.24, 2.45) is 5.92 Å². The van der Waals surface area contributed by atoms with E-state index in [0.717, 1.165) is 19.6 Å². The molecule has 0 radical (unpaired) electrons. The van der Waals surface area contributed by atoms with Crippen LogP contribution in [0.15, 0.2) is 0 Å². The van der Waals surface area contributed by atoms with Gasteiger partial charge >= 0.3 is 0 Å². The number of likely N-dealkylation sites (tertiary alicyclic amines) is 1. The first kappa shape index (κ1) is 10.6. The van der Waals surface area contributed by atoms with E-state index in [1.165, 1.54) is 6.42 Å². The Morgan fingerprint density at radius 1 is 1.53 bits per heavy atom. The third-order valence-electron chi connectivity index (χ3n) is 3.11. The Bertz CT molecular complexity index is 280. The Kier molecular flexibility index (Phi) is 3.02. The van der Waals surface area contributed by atoms with Crippen LogP contribution in [0.1, 0.15) is 12.8 Å². The predicted molar refractivity (Wildman–Crippen MR) is 55.2 cm³/mol. The van der Waals surface area contributed by atoms with E-state index in [9.17, 15) is 9.59 Å². The van der Waals surface area contributed by atoms with Crippen molar-refractivity contribution < 1.29 is 9.59 Å². The van der Waals surface area contributed by atoms with Crippen molar-refractivity contribution in [2.45, 2.75) is 18.9 Å². The van der Waals surface area contributed by atoms with Crippen molar-refractivity contribution in [3.8, 4) is 0 Å². The first-order valence-corrected chi connectivity index (χ1v) is 5.41. The lowest BCUT2D eigenvalue weighted by Gasteiger charge is -2.14. The highest BCUT2D eigenvalue weighted by Crippen LogP contribution is 2.13. The number of carbonyl (C=O) groups excluding carboxylic acids is 2. The van der Waals surface area contributed by atoms with Crippen molar-refractivity contribution in [3.05, 3.63) is 0 Å². The highest BCUT2D eigenvalue weighted by Gasteiger charge is 2.31. The number of nitrogens with one attached hydrogen (secondary N) is 2. The molecule has 15 heavy (non-hydrogen) atoms. The van der Waals surface area contributed by atoms with E-state index >= 15 is 0 Å². The van der Waals surface area contributed by atoms with Gasteiger partial charge in [0.15, 0.2) is 0 Å². The number of amides is 2. The van der Waals surface area contributed by atoms with E-state index in [4.69, 9.17) is 0 Å². The van der Waals surface area contributed by atoms with Crippen molar-refractivity contribution in [3.63, 3.8) is 0 Å². The molecule has 2 rings (SSSR count). The number of hydrogen-bond donors (Lipinski definition) is 2. The summed E-state index contributed by atoms with van der Waals surface area (Å²) in [6, 6.07) is -0.302. The zero-order valence-corrected chi connectivity index (χ0v) is 8.95.